The Morgan fingerprint density at radius 2 is 2.10 bits per heavy atom. The largest absolute Gasteiger partial charge is 0.497 e. The lowest BCUT2D eigenvalue weighted by atomic mass is 10.1. The molecular weight excluding hydrogens is 270 g/mol. The zero-order valence-corrected chi connectivity index (χ0v) is 13.3. The summed E-state index contributed by atoms with van der Waals surface area (Å²) >= 11 is 0. The van der Waals surface area contributed by atoms with Crippen LogP contribution in [0.1, 0.15) is 32.3 Å². The number of carbonyl (C=O) groups is 1. The zero-order chi connectivity index (χ0) is 15.7. The van der Waals surface area contributed by atoms with Gasteiger partial charge in [0.15, 0.2) is 6.10 Å². The van der Waals surface area contributed by atoms with Crippen LogP contribution in [0.15, 0.2) is 18.2 Å². The summed E-state index contributed by atoms with van der Waals surface area (Å²) in [4.78, 5) is 12.0. The van der Waals surface area contributed by atoms with Crippen molar-refractivity contribution in [1.29, 1.82) is 0 Å². The van der Waals surface area contributed by atoms with E-state index < -0.39 is 6.10 Å². The zero-order valence-electron chi connectivity index (χ0n) is 13.3. The molecule has 0 aliphatic carbocycles. The maximum Gasteiger partial charge on any atom is 0.347 e. The van der Waals surface area contributed by atoms with Crippen molar-refractivity contribution in [2.45, 2.75) is 39.3 Å². The van der Waals surface area contributed by atoms with E-state index in [0.29, 0.717) is 31.1 Å². The molecule has 1 unspecified atom stereocenters. The van der Waals surface area contributed by atoms with E-state index in [4.69, 9.17) is 14.2 Å². The summed E-state index contributed by atoms with van der Waals surface area (Å²) in [5, 5.41) is 3.08. The third-order valence-corrected chi connectivity index (χ3v) is 3.01. The SMILES string of the molecule is CCCC(Oc1cc(OC)ccc1CNC)C(=O)OCC. The van der Waals surface area contributed by atoms with Gasteiger partial charge in [-0.15, -0.1) is 0 Å². The highest BCUT2D eigenvalue weighted by Gasteiger charge is 2.22. The summed E-state index contributed by atoms with van der Waals surface area (Å²) in [5.41, 5.74) is 0.976. The van der Waals surface area contributed by atoms with Crippen LogP contribution in [0.3, 0.4) is 0 Å². The van der Waals surface area contributed by atoms with Crippen LogP contribution in [0, 0.1) is 0 Å². The minimum atomic E-state index is -0.585. The number of ether oxygens (including phenoxy) is 3. The van der Waals surface area contributed by atoms with Crippen molar-refractivity contribution in [2.24, 2.45) is 0 Å². The third kappa shape index (κ3) is 5.27. The molecule has 0 amide bonds. The Kier molecular flexibility index (Phi) is 7.61. The fourth-order valence-electron chi connectivity index (χ4n) is 1.98. The van der Waals surface area contributed by atoms with Gasteiger partial charge in [-0.2, -0.15) is 0 Å². The van der Waals surface area contributed by atoms with Crippen molar-refractivity contribution in [2.75, 3.05) is 20.8 Å². The van der Waals surface area contributed by atoms with Crippen LogP contribution in [0.25, 0.3) is 0 Å². The first-order valence-electron chi connectivity index (χ1n) is 7.31. The van der Waals surface area contributed by atoms with Crippen LogP contribution in [0.2, 0.25) is 0 Å². The summed E-state index contributed by atoms with van der Waals surface area (Å²) in [6.45, 7) is 4.81. The van der Waals surface area contributed by atoms with Crippen molar-refractivity contribution >= 4 is 5.97 Å². The highest BCUT2D eigenvalue weighted by Crippen LogP contribution is 2.26. The second-order valence-electron chi connectivity index (χ2n) is 4.65. The van der Waals surface area contributed by atoms with E-state index in [1.807, 2.05) is 26.1 Å². The van der Waals surface area contributed by atoms with Gasteiger partial charge in [0.2, 0.25) is 0 Å². The molecule has 0 fully saturated rings. The molecule has 0 saturated heterocycles. The number of rotatable bonds is 9. The molecule has 0 aromatic heterocycles. The highest BCUT2D eigenvalue weighted by molar-refractivity contribution is 5.75. The van der Waals surface area contributed by atoms with Gasteiger partial charge in [-0.25, -0.2) is 4.79 Å². The summed E-state index contributed by atoms with van der Waals surface area (Å²) in [5.74, 6) is 1.02. The minimum Gasteiger partial charge on any atom is -0.497 e. The van der Waals surface area contributed by atoms with Crippen molar-refractivity contribution in [1.82, 2.24) is 5.32 Å². The summed E-state index contributed by atoms with van der Waals surface area (Å²) in [6.07, 6.45) is 0.877. The molecule has 0 radical (unpaired) electrons. The summed E-state index contributed by atoms with van der Waals surface area (Å²) in [7, 11) is 3.47. The van der Waals surface area contributed by atoms with Crippen LogP contribution in [0.4, 0.5) is 0 Å². The average Bonchev–Trinajstić information content (AvgIpc) is 2.48. The van der Waals surface area contributed by atoms with Gasteiger partial charge in [0.25, 0.3) is 0 Å². The molecule has 1 aromatic rings. The molecule has 1 N–H and O–H groups in total. The van der Waals surface area contributed by atoms with E-state index in [0.717, 1.165) is 12.0 Å². The van der Waals surface area contributed by atoms with Crippen molar-refractivity contribution in [3.05, 3.63) is 23.8 Å². The predicted octanol–water partition coefficient (Wildman–Crippen LogP) is 2.53. The van der Waals surface area contributed by atoms with E-state index in [2.05, 4.69) is 5.32 Å². The van der Waals surface area contributed by atoms with Crippen LogP contribution < -0.4 is 14.8 Å². The molecule has 1 rings (SSSR count). The maximum atomic E-state index is 12.0. The molecule has 1 aromatic carbocycles. The number of methoxy groups -OCH3 is 1. The second kappa shape index (κ2) is 9.23. The summed E-state index contributed by atoms with van der Waals surface area (Å²) < 4.78 is 16.2. The first-order valence-corrected chi connectivity index (χ1v) is 7.31. The van der Waals surface area contributed by atoms with Crippen molar-refractivity contribution < 1.29 is 19.0 Å². The topological polar surface area (TPSA) is 56.8 Å². The molecule has 0 heterocycles. The van der Waals surface area contributed by atoms with E-state index in [-0.39, 0.29) is 5.97 Å². The van der Waals surface area contributed by atoms with Gasteiger partial charge in [-0.3, -0.25) is 0 Å². The number of esters is 1. The Hall–Kier alpha value is -1.75. The standard InChI is InChI=1S/C16H25NO4/c1-5-7-14(16(18)20-6-2)21-15-10-13(19-4)9-8-12(15)11-17-3/h8-10,14,17H,5-7,11H2,1-4H3. The molecule has 118 valence electrons. The monoisotopic (exact) mass is 295 g/mol. The van der Waals surface area contributed by atoms with Crippen LogP contribution in [-0.2, 0) is 16.1 Å². The van der Waals surface area contributed by atoms with Gasteiger partial charge < -0.3 is 19.5 Å². The predicted molar refractivity (Wildman–Crippen MR) is 81.7 cm³/mol. The molecule has 1 atom stereocenters. The Bertz CT molecular complexity index is 448. The van der Waals surface area contributed by atoms with Gasteiger partial charge >= 0.3 is 5.97 Å². The molecule has 5 nitrogen and oxygen atoms in total. The fraction of sp³-hybridized carbons (Fsp3) is 0.562. The molecular formula is C16H25NO4. The number of hydrogen-bond donors (Lipinski definition) is 1. The molecule has 0 bridgehead atoms. The normalized spacial score (nSPS) is 11.8. The molecule has 0 aliphatic rings. The van der Waals surface area contributed by atoms with E-state index in [1.54, 1.807) is 20.1 Å². The Morgan fingerprint density at radius 1 is 1.33 bits per heavy atom. The van der Waals surface area contributed by atoms with Crippen LogP contribution in [0.5, 0.6) is 11.5 Å². The van der Waals surface area contributed by atoms with Gasteiger partial charge in [0.05, 0.1) is 13.7 Å². The quantitative estimate of drug-likeness (QED) is 0.709. The van der Waals surface area contributed by atoms with Crippen molar-refractivity contribution in [3.8, 4) is 11.5 Å². The van der Waals surface area contributed by atoms with Crippen LogP contribution >= 0.6 is 0 Å². The first-order chi connectivity index (χ1) is 10.2. The molecule has 0 aliphatic heterocycles. The number of nitrogens with one attached hydrogen (secondary N) is 1. The Morgan fingerprint density at radius 3 is 2.67 bits per heavy atom. The van der Waals surface area contributed by atoms with E-state index in [1.165, 1.54) is 0 Å². The van der Waals surface area contributed by atoms with Gasteiger partial charge in [-0.05, 0) is 26.5 Å². The lowest BCUT2D eigenvalue weighted by Gasteiger charge is -2.19. The van der Waals surface area contributed by atoms with E-state index >= 15 is 0 Å². The third-order valence-electron chi connectivity index (χ3n) is 3.01. The lowest BCUT2D eigenvalue weighted by Crippen LogP contribution is -2.29. The van der Waals surface area contributed by atoms with Crippen LogP contribution in [-0.4, -0.2) is 32.8 Å². The molecule has 21 heavy (non-hydrogen) atoms. The molecule has 5 heteroatoms. The minimum absolute atomic E-state index is 0.322. The maximum absolute atomic E-state index is 12.0. The smallest absolute Gasteiger partial charge is 0.347 e. The van der Waals surface area contributed by atoms with Gasteiger partial charge in [0, 0.05) is 18.2 Å². The second-order valence-corrected chi connectivity index (χ2v) is 4.65. The van der Waals surface area contributed by atoms with Gasteiger partial charge in [0.1, 0.15) is 11.5 Å². The number of hydrogen-bond acceptors (Lipinski definition) is 5. The van der Waals surface area contributed by atoms with Crippen molar-refractivity contribution in [3.63, 3.8) is 0 Å². The van der Waals surface area contributed by atoms with Gasteiger partial charge in [-0.1, -0.05) is 19.4 Å². The fourth-order valence-corrected chi connectivity index (χ4v) is 1.98. The average molecular weight is 295 g/mol. The highest BCUT2D eigenvalue weighted by atomic mass is 16.6. The number of benzene rings is 1. The Labute approximate surface area is 126 Å². The molecule has 0 saturated carbocycles. The first kappa shape index (κ1) is 17.3. The number of carbonyl (C=O) groups excluding carboxylic acids is 1. The molecule has 0 spiro atoms. The summed E-state index contributed by atoms with van der Waals surface area (Å²) in [6, 6.07) is 5.60. The lowest BCUT2D eigenvalue weighted by molar-refractivity contribution is -0.151. The van der Waals surface area contributed by atoms with E-state index in [9.17, 15) is 4.79 Å². The Balaban J connectivity index is 2.96.